The molecule has 0 aliphatic heterocycles. The number of tetrazole rings is 1. The Labute approximate surface area is 91.9 Å². The number of hydrogen-bond acceptors (Lipinski definition) is 5. The highest BCUT2D eigenvalue weighted by atomic mass is 32.1. The first kappa shape index (κ1) is 10.3. The van der Waals surface area contributed by atoms with Crippen LogP contribution in [0.1, 0.15) is 23.7 Å². The molecule has 0 aliphatic rings. The molecule has 0 amide bonds. The molecule has 0 fully saturated rings. The second-order valence-corrected chi connectivity index (χ2v) is 4.41. The molecule has 2 rings (SSSR count). The van der Waals surface area contributed by atoms with Crippen molar-refractivity contribution in [3.63, 3.8) is 0 Å². The number of thiophene rings is 1. The molecular formula is C9H13N5S. The van der Waals surface area contributed by atoms with Gasteiger partial charge in [0, 0.05) is 11.3 Å². The number of nitrogens with two attached hydrogens (primary N) is 1. The maximum absolute atomic E-state index is 5.55. The third-order valence-corrected chi connectivity index (χ3v) is 3.14. The van der Waals surface area contributed by atoms with Crippen molar-refractivity contribution in [3.8, 4) is 0 Å². The average molecular weight is 223 g/mol. The summed E-state index contributed by atoms with van der Waals surface area (Å²) >= 11 is 1.75. The van der Waals surface area contributed by atoms with Crippen molar-refractivity contribution < 1.29 is 0 Å². The number of nitrogens with zero attached hydrogens (tertiary/aromatic N) is 4. The van der Waals surface area contributed by atoms with Gasteiger partial charge in [0.05, 0.1) is 12.6 Å². The topological polar surface area (TPSA) is 69.6 Å². The zero-order valence-corrected chi connectivity index (χ0v) is 9.31. The second kappa shape index (κ2) is 4.50. The Hall–Kier alpha value is -1.27. The Morgan fingerprint density at radius 1 is 1.60 bits per heavy atom. The van der Waals surface area contributed by atoms with Crippen molar-refractivity contribution >= 4 is 11.3 Å². The van der Waals surface area contributed by atoms with Gasteiger partial charge in [-0.15, -0.1) is 16.4 Å². The van der Waals surface area contributed by atoms with Crippen molar-refractivity contribution in [2.24, 2.45) is 5.73 Å². The Kier molecular flexibility index (Phi) is 3.08. The van der Waals surface area contributed by atoms with Gasteiger partial charge in [-0.1, -0.05) is 6.07 Å². The summed E-state index contributed by atoms with van der Waals surface area (Å²) in [6, 6.07) is 4.42. The van der Waals surface area contributed by atoms with Crippen LogP contribution < -0.4 is 5.73 Å². The summed E-state index contributed by atoms with van der Waals surface area (Å²) in [7, 11) is 0. The summed E-state index contributed by atoms with van der Waals surface area (Å²) in [5, 5.41) is 13.5. The molecule has 0 radical (unpaired) electrons. The van der Waals surface area contributed by atoms with E-state index in [1.54, 1.807) is 16.0 Å². The van der Waals surface area contributed by atoms with Crippen LogP contribution in [0.4, 0.5) is 0 Å². The summed E-state index contributed by atoms with van der Waals surface area (Å²) < 4.78 is 1.79. The summed E-state index contributed by atoms with van der Waals surface area (Å²) in [6.07, 6.45) is 0.940. The Morgan fingerprint density at radius 3 is 3.13 bits per heavy atom. The van der Waals surface area contributed by atoms with Crippen LogP contribution in [-0.4, -0.2) is 20.2 Å². The van der Waals surface area contributed by atoms with Gasteiger partial charge in [0.15, 0.2) is 5.82 Å². The molecule has 1 unspecified atom stereocenters. The smallest absolute Gasteiger partial charge is 0.165 e. The van der Waals surface area contributed by atoms with Crippen LogP contribution in [0.2, 0.25) is 0 Å². The summed E-state index contributed by atoms with van der Waals surface area (Å²) in [6.45, 7) is 2.47. The molecule has 6 heteroatoms. The molecule has 2 aromatic heterocycles. The van der Waals surface area contributed by atoms with E-state index in [4.69, 9.17) is 5.73 Å². The van der Waals surface area contributed by atoms with E-state index in [1.807, 2.05) is 0 Å². The van der Waals surface area contributed by atoms with Crippen LogP contribution in [0.25, 0.3) is 0 Å². The van der Waals surface area contributed by atoms with Gasteiger partial charge < -0.3 is 5.73 Å². The minimum Gasteiger partial charge on any atom is -0.324 e. The summed E-state index contributed by atoms with van der Waals surface area (Å²) in [5.41, 5.74) is 5.55. The number of aromatic nitrogens is 4. The molecule has 80 valence electrons. The fourth-order valence-corrected chi connectivity index (χ4v) is 2.32. The van der Waals surface area contributed by atoms with Gasteiger partial charge >= 0.3 is 0 Å². The van der Waals surface area contributed by atoms with Crippen LogP contribution in [0.15, 0.2) is 17.5 Å². The van der Waals surface area contributed by atoms with Gasteiger partial charge in [-0.25, -0.2) is 4.68 Å². The molecular weight excluding hydrogens is 210 g/mol. The largest absolute Gasteiger partial charge is 0.324 e. The third kappa shape index (κ3) is 2.21. The summed E-state index contributed by atoms with van der Waals surface area (Å²) in [4.78, 5) is 1.33. The van der Waals surface area contributed by atoms with Crippen LogP contribution in [0, 0.1) is 0 Å². The highest BCUT2D eigenvalue weighted by molar-refractivity contribution is 7.09. The lowest BCUT2D eigenvalue weighted by atomic mass is 10.2. The molecule has 0 bridgehead atoms. The Bertz CT molecular complexity index is 408. The van der Waals surface area contributed by atoms with Gasteiger partial charge in [0.2, 0.25) is 0 Å². The molecule has 1 atom stereocenters. The molecule has 2 aromatic rings. The maximum Gasteiger partial charge on any atom is 0.165 e. The zero-order valence-electron chi connectivity index (χ0n) is 8.50. The van der Waals surface area contributed by atoms with Crippen LogP contribution in [-0.2, 0) is 13.0 Å². The predicted octanol–water partition coefficient (Wildman–Crippen LogP) is 0.997. The average Bonchev–Trinajstić information content (AvgIpc) is 2.86. The normalized spacial score (nSPS) is 12.9. The first-order valence-corrected chi connectivity index (χ1v) is 5.68. The molecule has 2 heterocycles. The van der Waals surface area contributed by atoms with Crippen LogP contribution in [0.5, 0.6) is 0 Å². The van der Waals surface area contributed by atoms with Crippen LogP contribution >= 0.6 is 11.3 Å². The molecule has 0 aliphatic carbocycles. The minimum absolute atomic E-state index is 0.247. The van der Waals surface area contributed by atoms with Crippen molar-refractivity contribution in [3.05, 3.63) is 28.2 Å². The lowest BCUT2D eigenvalue weighted by Gasteiger charge is -2.11. The third-order valence-electron chi connectivity index (χ3n) is 2.24. The van der Waals surface area contributed by atoms with Gasteiger partial charge in [-0.05, 0) is 28.8 Å². The predicted molar refractivity (Wildman–Crippen MR) is 58.4 cm³/mol. The van der Waals surface area contributed by atoms with E-state index < -0.39 is 0 Å². The molecule has 0 saturated carbocycles. The monoisotopic (exact) mass is 223 g/mol. The lowest BCUT2D eigenvalue weighted by Crippen LogP contribution is -2.15. The lowest BCUT2D eigenvalue weighted by molar-refractivity contribution is 0.460. The van der Waals surface area contributed by atoms with Crippen LogP contribution in [0.3, 0.4) is 0 Å². The van der Waals surface area contributed by atoms with Crippen molar-refractivity contribution in [2.45, 2.75) is 25.9 Å². The number of hydrogen-bond donors (Lipinski definition) is 1. The van der Waals surface area contributed by atoms with E-state index in [1.165, 1.54) is 4.88 Å². The Morgan fingerprint density at radius 2 is 2.47 bits per heavy atom. The van der Waals surface area contributed by atoms with E-state index in [2.05, 4.69) is 40.0 Å². The fraction of sp³-hybridized carbons (Fsp3) is 0.444. The van der Waals surface area contributed by atoms with E-state index in [0.29, 0.717) is 6.54 Å². The van der Waals surface area contributed by atoms with Gasteiger partial charge in [-0.2, -0.15) is 0 Å². The highest BCUT2D eigenvalue weighted by Crippen LogP contribution is 2.17. The van der Waals surface area contributed by atoms with E-state index >= 15 is 0 Å². The van der Waals surface area contributed by atoms with E-state index in [0.717, 1.165) is 12.2 Å². The molecule has 0 spiro atoms. The molecule has 0 saturated heterocycles. The minimum atomic E-state index is 0.247. The first-order valence-electron chi connectivity index (χ1n) is 4.80. The van der Waals surface area contributed by atoms with Crippen molar-refractivity contribution in [2.75, 3.05) is 0 Å². The molecule has 5 nitrogen and oxygen atoms in total. The highest BCUT2D eigenvalue weighted by Gasteiger charge is 2.12. The molecule has 15 heavy (non-hydrogen) atoms. The van der Waals surface area contributed by atoms with E-state index in [9.17, 15) is 0 Å². The molecule has 2 N–H and O–H groups in total. The van der Waals surface area contributed by atoms with Gasteiger partial charge in [-0.3, -0.25) is 0 Å². The summed E-state index contributed by atoms with van der Waals surface area (Å²) in [5.74, 6) is 0.735. The zero-order chi connectivity index (χ0) is 10.7. The van der Waals surface area contributed by atoms with Gasteiger partial charge in [0.25, 0.3) is 0 Å². The van der Waals surface area contributed by atoms with Gasteiger partial charge in [0.1, 0.15) is 0 Å². The van der Waals surface area contributed by atoms with E-state index in [-0.39, 0.29) is 6.04 Å². The van der Waals surface area contributed by atoms with Crippen molar-refractivity contribution in [1.82, 2.24) is 20.2 Å². The quantitative estimate of drug-likeness (QED) is 0.839. The standard InChI is InChI=1S/C9H13N5S/c1-7(5-8-3-2-4-15-8)14-9(6-10)11-12-13-14/h2-4,7H,5-6,10H2,1H3. The first-order chi connectivity index (χ1) is 7.31. The van der Waals surface area contributed by atoms with Crippen molar-refractivity contribution in [1.29, 1.82) is 0 Å². The number of rotatable bonds is 4. The fourth-order valence-electron chi connectivity index (χ4n) is 1.50. The molecule has 0 aromatic carbocycles. The second-order valence-electron chi connectivity index (χ2n) is 3.38. The Balaban J connectivity index is 2.11. The maximum atomic E-state index is 5.55. The SMILES string of the molecule is CC(Cc1cccs1)n1nnnc1CN.